The molecule has 2 N–H and O–H groups in total. The Labute approximate surface area is 122 Å². The standard InChI is InChI=1S/C11H11BrN2O6/c1-6(15)13-10(11(16)17)5-20-9-3-7(12)2-8(4-9)14(18)19/h2-4,10H,5H2,1H3,(H,13,15)(H,16,17). The average molecular weight is 347 g/mol. The number of benzene rings is 1. The molecule has 20 heavy (non-hydrogen) atoms. The van der Waals surface area contributed by atoms with E-state index >= 15 is 0 Å². The lowest BCUT2D eigenvalue weighted by Crippen LogP contribution is -2.43. The first kappa shape index (κ1) is 15.9. The molecule has 0 saturated carbocycles. The van der Waals surface area contributed by atoms with Gasteiger partial charge in [-0.1, -0.05) is 15.9 Å². The third-order valence-corrected chi connectivity index (χ3v) is 2.62. The van der Waals surface area contributed by atoms with Crippen LogP contribution < -0.4 is 10.1 Å². The van der Waals surface area contributed by atoms with E-state index in [1.165, 1.54) is 19.1 Å². The Bertz CT molecular complexity index is 548. The molecule has 1 atom stereocenters. The van der Waals surface area contributed by atoms with Crippen LogP contribution in [0.5, 0.6) is 5.75 Å². The number of hydrogen-bond donors (Lipinski definition) is 2. The molecule has 0 fully saturated rings. The van der Waals surface area contributed by atoms with E-state index in [4.69, 9.17) is 9.84 Å². The monoisotopic (exact) mass is 346 g/mol. The highest BCUT2D eigenvalue weighted by Crippen LogP contribution is 2.26. The van der Waals surface area contributed by atoms with Gasteiger partial charge in [0.25, 0.3) is 5.69 Å². The third kappa shape index (κ3) is 4.84. The molecular formula is C11H11BrN2O6. The third-order valence-electron chi connectivity index (χ3n) is 2.16. The van der Waals surface area contributed by atoms with E-state index in [-0.39, 0.29) is 18.0 Å². The average Bonchev–Trinajstić information content (AvgIpc) is 2.33. The van der Waals surface area contributed by atoms with Gasteiger partial charge in [-0.25, -0.2) is 4.79 Å². The Kier molecular flexibility index (Phi) is 5.44. The number of hydrogen-bond acceptors (Lipinski definition) is 5. The van der Waals surface area contributed by atoms with Crippen molar-refractivity contribution in [1.29, 1.82) is 0 Å². The molecule has 108 valence electrons. The number of nitro benzene ring substituents is 1. The first-order valence-electron chi connectivity index (χ1n) is 5.37. The highest BCUT2D eigenvalue weighted by atomic mass is 79.9. The molecule has 8 nitrogen and oxygen atoms in total. The number of nitrogens with one attached hydrogen (secondary N) is 1. The summed E-state index contributed by atoms with van der Waals surface area (Å²) in [6.07, 6.45) is 0. The van der Waals surface area contributed by atoms with Gasteiger partial charge >= 0.3 is 5.97 Å². The number of halogens is 1. The van der Waals surface area contributed by atoms with Gasteiger partial charge in [0.2, 0.25) is 5.91 Å². The van der Waals surface area contributed by atoms with Crippen LogP contribution >= 0.6 is 15.9 Å². The lowest BCUT2D eigenvalue weighted by atomic mass is 10.3. The van der Waals surface area contributed by atoms with E-state index < -0.39 is 22.8 Å². The predicted molar refractivity (Wildman–Crippen MR) is 71.5 cm³/mol. The number of amides is 1. The SMILES string of the molecule is CC(=O)NC(COc1cc(Br)cc([N+](=O)[O-])c1)C(=O)O. The second kappa shape index (κ2) is 6.85. The molecule has 0 aliphatic heterocycles. The Morgan fingerprint density at radius 2 is 2.15 bits per heavy atom. The van der Waals surface area contributed by atoms with E-state index in [2.05, 4.69) is 21.2 Å². The van der Waals surface area contributed by atoms with Crippen molar-refractivity contribution >= 4 is 33.5 Å². The fourth-order valence-electron chi connectivity index (χ4n) is 1.34. The van der Waals surface area contributed by atoms with Crippen molar-refractivity contribution in [2.24, 2.45) is 0 Å². The molecule has 1 unspecified atom stereocenters. The van der Waals surface area contributed by atoms with Crippen molar-refractivity contribution in [3.05, 3.63) is 32.8 Å². The van der Waals surface area contributed by atoms with Gasteiger partial charge in [-0.05, 0) is 6.07 Å². The van der Waals surface area contributed by atoms with Crippen LogP contribution in [0.2, 0.25) is 0 Å². The molecule has 1 amide bonds. The van der Waals surface area contributed by atoms with E-state index in [0.29, 0.717) is 4.47 Å². The number of carboxylic acid groups (broad SMARTS) is 1. The highest BCUT2D eigenvalue weighted by molar-refractivity contribution is 9.10. The Hall–Kier alpha value is -2.16. The number of carbonyl (C=O) groups excluding carboxylic acids is 1. The maximum absolute atomic E-state index is 10.9. The first-order chi connectivity index (χ1) is 9.29. The number of ether oxygens (including phenoxy) is 1. The summed E-state index contributed by atoms with van der Waals surface area (Å²) >= 11 is 3.09. The lowest BCUT2D eigenvalue weighted by Gasteiger charge is -2.14. The van der Waals surface area contributed by atoms with Gasteiger partial charge in [0, 0.05) is 17.5 Å². The van der Waals surface area contributed by atoms with Crippen LogP contribution in [0.1, 0.15) is 6.92 Å². The number of aliphatic carboxylic acids is 1. The molecule has 0 spiro atoms. The molecule has 0 heterocycles. The molecule has 0 aliphatic carbocycles. The minimum absolute atomic E-state index is 0.127. The molecule has 9 heteroatoms. The number of carbonyl (C=O) groups is 2. The van der Waals surface area contributed by atoms with Gasteiger partial charge in [0.15, 0.2) is 6.04 Å². The van der Waals surface area contributed by atoms with Crippen LogP contribution in [0.15, 0.2) is 22.7 Å². The summed E-state index contributed by atoms with van der Waals surface area (Å²) in [4.78, 5) is 31.8. The number of non-ortho nitro benzene ring substituents is 1. The van der Waals surface area contributed by atoms with E-state index in [1.54, 1.807) is 0 Å². The van der Waals surface area contributed by atoms with Gasteiger partial charge in [-0.2, -0.15) is 0 Å². The van der Waals surface area contributed by atoms with E-state index in [9.17, 15) is 19.7 Å². The number of nitrogens with zero attached hydrogens (tertiary/aromatic N) is 1. The molecule has 0 aromatic heterocycles. The molecule has 0 saturated heterocycles. The molecule has 1 aromatic rings. The summed E-state index contributed by atoms with van der Waals surface area (Å²) in [5.74, 6) is -1.64. The van der Waals surface area contributed by atoms with Gasteiger partial charge in [-0.15, -0.1) is 0 Å². The van der Waals surface area contributed by atoms with Crippen molar-refractivity contribution in [2.75, 3.05) is 6.61 Å². The highest BCUT2D eigenvalue weighted by Gasteiger charge is 2.20. The molecule has 0 bridgehead atoms. The molecule has 0 aliphatic rings. The van der Waals surface area contributed by atoms with Crippen LogP contribution in [0.3, 0.4) is 0 Å². The second-order valence-electron chi connectivity index (χ2n) is 3.80. The summed E-state index contributed by atoms with van der Waals surface area (Å²) in [5, 5.41) is 21.8. The second-order valence-corrected chi connectivity index (χ2v) is 4.72. The van der Waals surface area contributed by atoms with Crippen LogP contribution in [0.4, 0.5) is 5.69 Å². The number of nitro groups is 1. The van der Waals surface area contributed by atoms with Crippen molar-refractivity contribution < 1.29 is 24.4 Å². The van der Waals surface area contributed by atoms with Gasteiger partial charge in [0.1, 0.15) is 12.4 Å². The smallest absolute Gasteiger partial charge is 0.329 e. The minimum atomic E-state index is -1.26. The summed E-state index contributed by atoms with van der Waals surface area (Å²) in [6.45, 7) is 0.836. The zero-order valence-corrected chi connectivity index (χ0v) is 11.9. The fourth-order valence-corrected chi connectivity index (χ4v) is 1.80. The predicted octanol–water partition coefficient (Wildman–Crippen LogP) is 1.33. The maximum atomic E-state index is 10.9. The zero-order valence-electron chi connectivity index (χ0n) is 10.3. The van der Waals surface area contributed by atoms with Crippen LogP contribution in [0.25, 0.3) is 0 Å². The first-order valence-corrected chi connectivity index (χ1v) is 6.16. The van der Waals surface area contributed by atoms with E-state index in [0.717, 1.165) is 6.07 Å². The summed E-state index contributed by atoms with van der Waals surface area (Å²) in [7, 11) is 0. The summed E-state index contributed by atoms with van der Waals surface area (Å²) < 4.78 is 5.60. The van der Waals surface area contributed by atoms with Crippen molar-refractivity contribution in [3.63, 3.8) is 0 Å². The largest absolute Gasteiger partial charge is 0.491 e. The van der Waals surface area contributed by atoms with Crippen LogP contribution in [-0.2, 0) is 9.59 Å². The summed E-state index contributed by atoms with van der Waals surface area (Å²) in [5.41, 5.74) is -0.194. The van der Waals surface area contributed by atoms with Crippen molar-refractivity contribution in [2.45, 2.75) is 13.0 Å². The maximum Gasteiger partial charge on any atom is 0.329 e. The Morgan fingerprint density at radius 1 is 1.50 bits per heavy atom. The molecular weight excluding hydrogens is 336 g/mol. The van der Waals surface area contributed by atoms with Crippen LogP contribution in [0, 0.1) is 10.1 Å². The topological polar surface area (TPSA) is 119 Å². The number of rotatable bonds is 6. The Balaban J connectivity index is 2.79. The van der Waals surface area contributed by atoms with Crippen molar-refractivity contribution in [1.82, 2.24) is 5.32 Å². The van der Waals surface area contributed by atoms with Gasteiger partial charge < -0.3 is 15.2 Å². The lowest BCUT2D eigenvalue weighted by molar-refractivity contribution is -0.385. The normalized spacial score (nSPS) is 11.5. The molecule has 1 aromatic carbocycles. The minimum Gasteiger partial charge on any atom is -0.491 e. The zero-order chi connectivity index (χ0) is 15.3. The summed E-state index contributed by atoms with van der Waals surface area (Å²) in [6, 6.07) is 2.68. The Morgan fingerprint density at radius 3 is 2.65 bits per heavy atom. The molecule has 1 rings (SSSR count). The number of carboxylic acids is 1. The van der Waals surface area contributed by atoms with Gasteiger partial charge in [-0.3, -0.25) is 14.9 Å². The quantitative estimate of drug-likeness (QED) is 0.592. The van der Waals surface area contributed by atoms with Crippen molar-refractivity contribution in [3.8, 4) is 5.75 Å². The van der Waals surface area contributed by atoms with E-state index in [1.807, 2.05) is 0 Å². The van der Waals surface area contributed by atoms with Crippen LogP contribution in [-0.4, -0.2) is 34.6 Å². The fraction of sp³-hybridized carbons (Fsp3) is 0.273. The molecule has 0 radical (unpaired) electrons. The van der Waals surface area contributed by atoms with Gasteiger partial charge in [0.05, 0.1) is 11.0 Å².